The second-order valence-electron chi connectivity index (χ2n) is 4.95. The van der Waals surface area contributed by atoms with Gasteiger partial charge in [0, 0.05) is 11.2 Å². The normalized spacial score (nSPS) is 30.9. The summed E-state index contributed by atoms with van der Waals surface area (Å²) in [4.78, 5) is 0. The van der Waals surface area contributed by atoms with E-state index in [1.165, 1.54) is 55.6 Å². The molecule has 0 bridgehead atoms. The van der Waals surface area contributed by atoms with Gasteiger partial charge in [0.2, 0.25) is 0 Å². The topological polar surface area (TPSA) is 9.23 Å². The lowest BCUT2D eigenvalue weighted by Gasteiger charge is -2.25. The quantitative estimate of drug-likeness (QED) is 0.670. The molecule has 1 aliphatic carbocycles. The van der Waals surface area contributed by atoms with Gasteiger partial charge in [-0.3, -0.25) is 0 Å². The van der Waals surface area contributed by atoms with Gasteiger partial charge in [0.05, 0.1) is 12.9 Å². The largest absolute Gasteiger partial charge is 0.501 e. The minimum atomic E-state index is 0.486. The Labute approximate surface area is 97.7 Å². The molecular formula is C13H22OS. The molecule has 2 aliphatic rings. The van der Waals surface area contributed by atoms with Crippen LogP contribution >= 0.6 is 11.8 Å². The maximum Gasteiger partial charge on any atom is 0.0937 e. The molecule has 2 rings (SSSR count). The highest BCUT2D eigenvalue weighted by molar-refractivity contribution is 7.99. The van der Waals surface area contributed by atoms with Crippen molar-refractivity contribution >= 4 is 11.8 Å². The zero-order valence-electron chi connectivity index (χ0n) is 9.76. The third-order valence-electron chi connectivity index (χ3n) is 3.82. The number of rotatable bonds is 4. The third-order valence-corrected chi connectivity index (χ3v) is 5.13. The summed E-state index contributed by atoms with van der Waals surface area (Å²) < 4.78 is 5.82. The Hall–Kier alpha value is -0.110. The lowest BCUT2D eigenvalue weighted by Crippen LogP contribution is -2.24. The Morgan fingerprint density at radius 2 is 2.20 bits per heavy atom. The monoisotopic (exact) mass is 226 g/mol. The predicted octanol–water partition coefficient (Wildman–Crippen LogP) is 3.99. The van der Waals surface area contributed by atoms with Crippen molar-refractivity contribution in [1.82, 2.24) is 0 Å². The predicted molar refractivity (Wildman–Crippen MR) is 67.2 cm³/mol. The molecule has 1 atom stereocenters. The molecule has 1 saturated carbocycles. The molecule has 1 aliphatic heterocycles. The van der Waals surface area contributed by atoms with E-state index in [0.717, 1.165) is 6.61 Å². The van der Waals surface area contributed by atoms with Gasteiger partial charge in [0.25, 0.3) is 0 Å². The van der Waals surface area contributed by atoms with Crippen molar-refractivity contribution in [3.63, 3.8) is 0 Å². The molecule has 1 heterocycles. The molecule has 0 aromatic heterocycles. The lowest BCUT2D eigenvalue weighted by atomic mass is 9.86. The van der Waals surface area contributed by atoms with Crippen LogP contribution in [0.4, 0.5) is 0 Å². The van der Waals surface area contributed by atoms with E-state index in [9.17, 15) is 0 Å². The highest BCUT2D eigenvalue weighted by Gasteiger charge is 2.33. The van der Waals surface area contributed by atoms with Crippen LogP contribution in [0.15, 0.2) is 11.8 Å². The van der Waals surface area contributed by atoms with Gasteiger partial charge >= 0.3 is 0 Å². The van der Waals surface area contributed by atoms with Crippen molar-refractivity contribution in [1.29, 1.82) is 0 Å². The van der Waals surface area contributed by atoms with Crippen molar-refractivity contribution in [2.75, 3.05) is 18.1 Å². The molecule has 1 nitrogen and oxygen atoms in total. The van der Waals surface area contributed by atoms with Crippen molar-refractivity contribution in [2.45, 2.75) is 45.4 Å². The standard InChI is InChI=1S/C13H22OS/c1-2-13(7-8-15-11-13)10-14-9-12-5-3-4-6-12/h9H,2-8,10-11H2,1H3. The second-order valence-corrected chi connectivity index (χ2v) is 6.06. The van der Waals surface area contributed by atoms with Crippen LogP contribution in [0.3, 0.4) is 0 Å². The SMILES string of the molecule is CCC1(COC=C2CCCC2)CCSC1. The zero-order valence-corrected chi connectivity index (χ0v) is 10.6. The van der Waals surface area contributed by atoms with Crippen LogP contribution < -0.4 is 0 Å². The average molecular weight is 226 g/mol. The molecule has 0 N–H and O–H groups in total. The maximum atomic E-state index is 5.82. The van der Waals surface area contributed by atoms with Gasteiger partial charge in [-0.15, -0.1) is 0 Å². The Morgan fingerprint density at radius 1 is 1.40 bits per heavy atom. The van der Waals surface area contributed by atoms with E-state index >= 15 is 0 Å². The first-order valence-electron chi connectivity index (χ1n) is 6.22. The molecule has 2 fully saturated rings. The Balaban J connectivity index is 1.78. The van der Waals surface area contributed by atoms with Gasteiger partial charge in [0.1, 0.15) is 0 Å². The summed E-state index contributed by atoms with van der Waals surface area (Å²) in [5.74, 6) is 2.63. The molecule has 0 radical (unpaired) electrons. The summed E-state index contributed by atoms with van der Waals surface area (Å²) in [7, 11) is 0. The summed E-state index contributed by atoms with van der Waals surface area (Å²) in [6, 6.07) is 0. The number of hydrogen-bond acceptors (Lipinski definition) is 2. The molecule has 1 unspecified atom stereocenters. The van der Waals surface area contributed by atoms with E-state index in [0.29, 0.717) is 5.41 Å². The summed E-state index contributed by atoms with van der Waals surface area (Å²) in [5.41, 5.74) is 2.02. The van der Waals surface area contributed by atoms with Gasteiger partial charge in [-0.25, -0.2) is 0 Å². The van der Waals surface area contributed by atoms with E-state index in [4.69, 9.17) is 4.74 Å². The molecule has 86 valence electrons. The van der Waals surface area contributed by atoms with Crippen LogP contribution in [-0.2, 0) is 4.74 Å². The minimum Gasteiger partial charge on any atom is -0.501 e. The Bertz CT molecular complexity index is 221. The van der Waals surface area contributed by atoms with Crippen molar-refractivity contribution in [3.8, 4) is 0 Å². The smallest absolute Gasteiger partial charge is 0.0937 e. The Morgan fingerprint density at radius 3 is 2.80 bits per heavy atom. The summed E-state index contributed by atoms with van der Waals surface area (Å²) in [6.45, 7) is 3.25. The van der Waals surface area contributed by atoms with Crippen molar-refractivity contribution < 1.29 is 4.74 Å². The van der Waals surface area contributed by atoms with Crippen molar-refractivity contribution in [2.24, 2.45) is 5.41 Å². The first kappa shape index (κ1) is 11.4. The van der Waals surface area contributed by atoms with E-state index in [1.54, 1.807) is 0 Å². The van der Waals surface area contributed by atoms with Crippen LogP contribution in [0, 0.1) is 5.41 Å². The molecule has 15 heavy (non-hydrogen) atoms. The van der Waals surface area contributed by atoms with E-state index in [-0.39, 0.29) is 0 Å². The third kappa shape index (κ3) is 2.93. The number of allylic oxidation sites excluding steroid dienone is 1. The Kier molecular flexibility index (Phi) is 4.01. The van der Waals surface area contributed by atoms with E-state index in [2.05, 4.69) is 24.9 Å². The van der Waals surface area contributed by atoms with Crippen LogP contribution in [0.2, 0.25) is 0 Å². The van der Waals surface area contributed by atoms with Gasteiger partial charge < -0.3 is 4.74 Å². The van der Waals surface area contributed by atoms with Crippen LogP contribution in [0.25, 0.3) is 0 Å². The number of ether oxygens (including phenoxy) is 1. The summed E-state index contributed by atoms with van der Waals surface area (Å²) in [5, 5.41) is 0. The maximum absolute atomic E-state index is 5.82. The fourth-order valence-electron chi connectivity index (χ4n) is 2.43. The van der Waals surface area contributed by atoms with Crippen molar-refractivity contribution in [3.05, 3.63) is 11.8 Å². The number of hydrogen-bond donors (Lipinski definition) is 0. The molecular weight excluding hydrogens is 204 g/mol. The average Bonchev–Trinajstić information content (AvgIpc) is 2.89. The van der Waals surface area contributed by atoms with Crippen LogP contribution in [0.5, 0.6) is 0 Å². The highest BCUT2D eigenvalue weighted by atomic mass is 32.2. The number of thioether (sulfide) groups is 1. The summed E-state index contributed by atoms with van der Waals surface area (Å²) >= 11 is 2.09. The first-order chi connectivity index (χ1) is 7.35. The highest BCUT2D eigenvalue weighted by Crippen LogP contribution is 2.39. The van der Waals surface area contributed by atoms with E-state index in [1.807, 2.05) is 0 Å². The fourth-order valence-corrected chi connectivity index (χ4v) is 4.01. The van der Waals surface area contributed by atoms with Crippen LogP contribution in [-0.4, -0.2) is 18.1 Å². The molecule has 0 amide bonds. The second kappa shape index (κ2) is 5.29. The van der Waals surface area contributed by atoms with E-state index < -0.39 is 0 Å². The lowest BCUT2D eigenvalue weighted by molar-refractivity contribution is 0.123. The summed E-state index contributed by atoms with van der Waals surface area (Å²) in [6.07, 6.45) is 9.95. The molecule has 2 heteroatoms. The molecule has 0 spiro atoms. The molecule has 1 saturated heterocycles. The fraction of sp³-hybridized carbons (Fsp3) is 0.846. The first-order valence-corrected chi connectivity index (χ1v) is 7.37. The minimum absolute atomic E-state index is 0.486. The van der Waals surface area contributed by atoms with Gasteiger partial charge in [-0.1, -0.05) is 6.92 Å². The van der Waals surface area contributed by atoms with Gasteiger partial charge in [0.15, 0.2) is 0 Å². The van der Waals surface area contributed by atoms with Crippen LogP contribution in [0.1, 0.15) is 45.4 Å². The zero-order chi connectivity index (χ0) is 10.6. The van der Waals surface area contributed by atoms with Gasteiger partial charge in [-0.2, -0.15) is 11.8 Å². The molecule has 0 aromatic rings. The van der Waals surface area contributed by atoms with Gasteiger partial charge in [-0.05, 0) is 49.9 Å². The molecule has 0 aromatic carbocycles.